The van der Waals surface area contributed by atoms with Crippen molar-refractivity contribution in [3.63, 3.8) is 0 Å². The van der Waals surface area contributed by atoms with Crippen LogP contribution in [0.25, 0.3) is 0 Å². The monoisotopic (exact) mass is 282 g/mol. The van der Waals surface area contributed by atoms with E-state index >= 15 is 0 Å². The van der Waals surface area contributed by atoms with Crippen molar-refractivity contribution in [2.45, 2.75) is 25.7 Å². The van der Waals surface area contributed by atoms with Crippen molar-refractivity contribution >= 4 is 40.4 Å². The lowest BCUT2D eigenvalue weighted by molar-refractivity contribution is -0.122. The van der Waals surface area contributed by atoms with Gasteiger partial charge in [0.1, 0.15) is 0 Å². The van der Waals surface area contributed by atoms with E-state index in [2.05, 4.69) is 5.32 Å². The fraction of sp³-hybridized carbons (Fsp3) is 0.385. The second-order valence-electron chi connectivity index (χ2n) is 4.62. The molecule has 0 spiro atoms. The van der Waals surface area contributed by atoms with Gasteiger partial charge in [-0.1, -0.05) is 42.7 Å². The van der Waals surface area contributed by atoms with Crippen LogP contribution in [0, 0.1) is 5.41 Å². The molecular formula is C13H15ClN2OS. The molecule has 1 saturated carbocycles. The average Bonchev–Trinajstić information content (AvgIpc) is 2.79. The van der Waals surface area contributed by atoms with Crippen LogP contribution < -0.4 is 11.1 Å². The lowest BCUT2D eigenvalue weighted by Gasteiger charge is -2.26. The van der Waals surface area contributed by atoms with Gasteiger partial charge in [-0.15, -0.1) is 0 Å². The SMILES string of the molecule is NC(=S)C1(C(=O)Nc2cccc(Cl)c2)CCCC1. The van der Waals surface area contributed by atoms with Crippen molar-refractivity contribution in [2.75, 3.05) is 5.32 Å². The lowest BCUT2D eigenvalue weighted by Crippen LogP contribution is -2.43. The zero-order valence-corrected chi connectivity index (χ0v) is 11.5. The Bertz CT molecular complexity index is 484. The van der Waals surface area contributed by atoms with Gasteiger partial charge in [-0.05, 0) is 31.0 Å². The second-order valence-corrected chi connectivity index (χ2v) is 5.49. The van der Waals surface area contributed by atoms with Crippen LogP contribution in [0.5, 0.6) is 0 Å². The first kappa shape index (κ1) is 13.3. The molecule has 0 unspecified atom stereocenters. The molecule has 0 aliphatic heterocycles. The van der Waals surface area contributed by atoms with Crippen LogP contribution in [0.3, 0.4) is 0 Å². The zero-order valence-electron chi connectivity index (χ0n) is 9.91. The Balaban J connectivity index is 2.18. The molecule has 1 fully saturated rings. The van der Waals surface area contributed by atoms with Crippen molar-refractivity contribution < 1.29 is 4.79 Å². The summed E-state index contributed by atoms with van der Waals surface area (Å²) in [6.45, 7) is 0. The number of amides is 1. The minimum Gasteiger partial charge on any atom is -0.392 e. The van der Waals surface area contributed by atoms with Crippen molar-refractivity contribution in [2.24, 2.45) is 11.1 Å². The minimum atomic E-state index is -0.683. The number of rotatable bonds is 3. The average molecular weight is 283 g/mol. The van der Waals surface area contributed by atoms with E-state index < -0.39 is 5.41 Å². The normalized spacial score (nSPS) is 17.4. The van der Waals surface area contributed by atoms with E-state index in [0.717, 1.165) is 25.7 Å². The Morgan fingerprint density at radius 3 is 2.61 bits per heavy atom. The molecule has 0 atom stereocenters. The number of anilines is 1. The molecule has 3 N–H and O–H groups in total. The number of carbonyl (C=O) groups is 1. The molecule has 0 heterocycles. The van der Waals surface area contributed by atoms with Crippen molar-refractivity contribution in [3.8, 4) is 0 Å². The Morgan fingerprint density at radius 2 is 2.06 bits per heavy atom. The lowest BCUT2D eigenvalue weighted by atomic mass is 9.85. The maximum Gasteiger partial charge on any atom is 0.237 e. The molecule has 3 nitrogen and oxygen atoms in total. The van der Waals surface area contributed by atoms with Gasteiger partial charge in [-0.2, -0.15) is 0 Å². The predicted molar refractivity (Wildman–Crippen MR) is 77.8 cm³/mol. The molecule has 1 aromatic rings. The van der Waals surface area contributed by atoms with Gasteiger partial charge < -0.3 is 11.1 Å². The van der Waals surface area contributed by atoms with E-state index in [0.29, 0.717) is 15.7 Å². The summed E-state index contributed by atoms with van der Waals surface area (Å²) in [6.07, 6.45) is 3.43. The smallest absolute Gasteiger partial charge is 0.237 e. The summed E-state index contributed by atoms with van der Waals surface area (Å²) in [7, 11) is 0. The topological polar surface area (TPSA) is 55.1 Å². The first-order chi connectivity index (χ1) is 8.54. The predicted octanol–water partition coefficient (Wildman–Crippen LogP) is 3.13. The molecule has 1 aliphatic carbocycles. The van der Waals surface area contributed by atoms with E-state index in [9.17, 15) is 4.79 Å². The Labute approximate surface area is 117 Å². The molecule has 0 saturated heterocycles. The fourth-order valence-electron chi connectivity index (χ4n) is 2.38. The van der Waals surface area contributed by atoms with Gasteiger partial charge in [0, 0.05) is 10.7 Å². The molecule has 1 aromatic carbocycles. The molecule has 2 rings (SSSR count). The minimum absolute atomic E-state index is 0.116. The summed E-state index contributed by atoms with van der Waals surface area (Å²) < 4.78 is 0. The summed E-state index contributed by atoms with van der Waals surface area (Å²) in [6, 6.07) is 7.06. The van der Waals surface area contributed by atoms with Crippen molar-refractivity contribution in [1.82, 2.24) is 0 Å². The van der Waals surface area contributed by atoms with Crippen molar-refractivity contribution in [1.29, 1.82) is 0 Å². The van der Waals surface area contributed by atoms with Gasteiger partial charge >= 0.3 is 0 Å². The number of nitrogens with two attached hydrogens (primary N) is 1. The third kappa shape index (κ3) is 2.49. The highest BCUT2D eigenvalue weighted by Crippen LogP contribution is 2.39. The van der Waals surface area contributed by atoms with E-state index in [1.807, 2.05) is 0 Å². The molecule has 1 amide bonds. The number of halogens is 1. The van der Waals surface area contributed by atoms with Crippen LogP contribution in [0.15, 0.2) is 24.3 Å². The highest BCUT2D eigenvalue weighted by Gasteiger charge is 2.43. The molecule has 1 aliphatic rings. The summed E-state index contributed by atoms with van der Waals surface area (Å²) in [5.74, 6) is -0.116. The van der Waals surface area contributed by atoms with Gasteiger partial charge in [0.2, 0.25) is 5.91 Å². The maximum absolute atomic E-state index is 12.4. The van der Waals surface area contributed by atoms with Crippen LogP contribution in [0.4, 0.5) is 5.69 Å². The zero-order chi connectivity index (χ0) is 13.2. The first-order valence-electron chi connectivity index (χ1n) is 5.91. The molecule has 18 heavy (non-hydrogen) atoms. The second kappa shape index (κ2) is 5.24. The molecule has 0 bridgehead atoms. The Kier molecular flexibility index (Phi) is 3.88. The van der Waals surface area contributed by atoms with E-state index in [1.165, 1.54) is 0 Å². The quantitative estimate of drug-likeness (QED) is 0.838. The number of thiocarbonyl (C=S) groups is 1. The number of hydrogen-bond acceptors (Lipinski definition) is 2. The summed E-state index contributed by atoms with van der Waals surface area (Å²) in [5.41, 5.74) is 5.75. The highest BCUT2D eigenvalue weighted by molar-refractivity contribution is 7.80. The number of carbonyl (C=O) groups excluding carboxylic acids is 1. The standard InChI is InChI=1S/C13H15ClN2OS/c14-9-4-3-5-10(8-9)16-12(17)13(11(15)18)6-1-2-7-13/h3-5,8H,1-2,6-7H2,(H2,15,18)(H,16,17). The summed E-state index contributed by atoms with van der Waals surface area (Å²) in [5, 5.41) is 3.44. The number of benzene rings is 1. The largest absolute Gasteiger partial charge is 0.392 e. The molecule has 96 valence electrons. The van der Waals surface area contributed by atoms with E-state index in [4.69, 9.17) is 29.6 Å². The summed E-state index contributed by atoms with van der Waals surface area (Å²) >= 11 is 11.0. The van der Waals surface area contributed by atoms with Crippen LogP contribution in [-0.4, -0.2) is 10.9 Å². The Morgan fingerprint density at radius 1 is 1.39 bits per heavy atom. The third-order valence-corrected chi connectivity index (χ3v) is 4.07. The van der Waals surface area contributed by atoms with E-state index in [1.54, 1.807) is 24.3 Å². The molecular weight excluding hydrogens is 268 g/mol. The first-order valence-corrected chi connectivity index (χ1v) is 6.70. The van der Waals surface area contributed by atoms with Gasteiger partial charge in [0.05, 0.1) is 10.4 Å². The molecule has 0 aromatic heterocycles. The van der Waals surface area contributed by atoms with Crippen LogP contribution in [0.2, 0.25) is 5.02 Å². The summed E-state index contributed by atoms with van der Waals surface area (Å²) in [4.78, 5) is 12.7. The Hall–Kier alpha value is -1.13. The number of hydrogen-bond donors (Lipinski definition) is 2. The van der Waals surface area contributed by atoms with Gasteiger partial charge in [-0.3, -0.25) is 4.79 Å². The van der Waals surface area contributed by atoms with Gasteiger partial charge in [0.15, 0.2) is 0 Å². The fourth-order valence-corrected chi connectivity index (χ4v) is 2.87. The number of nitrogens with one attached hydrogen (secondary N) is 1. The third-order valence-electron chi connectivity index (χ3n) is 3.45. The van der Waals surface area contributed by atoms with Gasteiger partial charge in [0.25, 0.3) is 0 Å². The van der Waals surface area contributed by atoms with Crippen LogP contribution in [0.1, 0.15) is 25.7 Å². The van der Waals surface area contributed by atoms with Crippen molar-refractivity contribution in [3.05, 3.63) is 29.3 Å². The van der Waals surface area contributed by atoms with Crippen LogP contribution >= 0.6 is 23.8 Å². The highest BCUT2D eigenvalue weighted by atomic mass is 35.5. The molecule has 0 radical (unpaired) electrons. The van der Waals surface area contributed by atoms with Gasteiger partial charge in [-0.25, -0.2) is 0 Å². The van der Waals surface area contributed by atoms with Crippen LogP contribution in [-0.2, 0) is 4.79 Å². The molecule has 5 heteroatoms. The van der Waals surface area contributed by atoms with E-state index in [-0.39, 0.29) is 5.91 Å². The maximum atomic E-state index is 12.4.